The molecular formula is C9H14BrCl. The average molecular weight is 238 g/mol. The van der Waals surface area contributed by atoms with E-state index in [1.807, 2.05) is 6.07 Å². The predicted octanol–water partition coefficient (Wildman–Crippen LogP) is 3.81. The molecule has 11 heavy (non-hydrogen) atoms. The van der Waals surface area contributed by atoms with Crippen molar-refractivity contribution < 1.29 is 0 Å². The fourth-order valence-corrected chi connectivity index (χ4v) is 0.838. The van der Waals surface area contributed by atoms with E-state index in [1.54, 1.807) is 0 Å². The zero-order valence-corrected chi connectivity index (χ0v) is 9.31. The Morgan fingerprint density at radius 2 is 1.45 bits per heavy atom. The van der Waals surface area contributed by atoms with Gasteiger partial charge in [-0.1, -0.05) is 44.2 Å². The van der Waals surface area contributed by atoms with Gasteiger partial charge >= 0.3 is 0 Å². The van der Waals surface area contributed by atoms with Crippen molar-refractivity contribution in [3.63, 3.8) is 0 Å². The van der Waals surface area contributed by atoms with E-state index in [2.05, 4.69) is 38.1 Å². The van der Waals surface area contributed by atoms with Gasteiger partial charge < -0.3 is 0 Å². The second-order valence-corrected chi connectivity index (χ2v) is 2.57. The van der Waals surface area contributed by atoms with Crippen molar-refractivity contribution in [3.05, 3.63) is 35.9 Å². The first-order valence-corrected chi connectivity index (χ1v) is 3.35. The first kappa shape index (κ1) is 13.6. The summed E-state index contributed by atoms with van der Waals surface area (Å²) in [6, 6.07) is 10.5. The van der Waals surface area contributed by atoms with Crippen molar-refractivity contribution in [2.24, 2.45) is 0 Å². The Morgan fingerprint density at radius 1 is 1.00 bits per heavy atom. The van der Waals surface area contributed by atoms with Crippen LogP contribution in [0.4, 0.5) is 0 Å². The summed E-state index contributed by atoms with van der Waals surface area (Å²) in [4.78, 5) is 0. The van der Waals surface area contributed by atoms with Gasteiger partial charge in [0.15, 0.2) is 0 Å². The molecule has 0 amide bonds. The quantitative estimate of drug-likeness (QED) is 0.697. The fourth-order valence-electron chi connectivity index (χ4n) is 0.838. The van der Waals surface area contributed by atoms with Crippen molar-refractivity contribution in [2.75, 3.05) is 0 Å². The lowest BCUT2D eigenvalue weighted by atomic mass is 10.0. The van der Waals surface area contributed by atoms with Crippen LogP contribution >= 0.6 is 29.4 Å². The third kappa shape index (κ3) is 4.44. The largest absolute Gasteiger partial charge is 0.147 e. The van der Waals surface area contributed by atoms with Gasteiger partial charge in [0.25, 0.3) is 0 Å². The summed E-state index contributed by atoms with van der Waals surface area (Å²) in [6.45, 7) is 4.41. The molecule has 0 unspecified atom stereocenters. The first-order valence-electron chi connectivity index (χ1n) is 3.35. The molecule has 0 aliphatic heterocycles. The Kier molecular flexibility index (Phi) is 8.25. The maximum atomic E-state index is 2.20. The summed E-state index contributed by atoms with van der Waals surface area (Å²) in [5, 5.41) is 0. The van der Waals surface area contributed by atoms with E-state index in [9.17, 15) is 0 Å². The maximum Gasteiger partial charge on any atom is -0.0219 e. The highest BCUT2D eigenvalue weighted by Gasteiger charge is 1.93. The van der Waals surface area contributed by atoms with Crippen LogP contribution in [0.25, 0.3) is 0 Å². The maximum absolute atomic E-state index is 2.20. The van der Waals surface area contributed by atoms with Crippen molar-refractivity contribution in [2.45, 2.75) is 19.8 Å². The highest BCUT2D eigenvalue weighted by atomic mass is 79.9. The first-order chi connectivity index (χ1) is 4.30. The van der Waals surface area contributed by atoms with Crippen LogP contribution in [0.3, 0.4) is 0 Å². The van der Waals surface area contributed by atoms with Crippen molar-refractivity contribution >= 4 is 29.4 Å². The van der Waals surface area contributed by atoms with Gasteiger partial charge in [-0.3, -0.25) is 0 Å². The van der Waals surface area contributed by atoms with Crippen LogP contribution in [0.15, 0.2) is 30.3 Å². The second-order valence-electron chi connectivity index (χ2n) is 2.57. The summed E-state index contributed by atoms with van der Waals surface area (Å²) in [6.07, 6.45) is 0. The molecule has 0 aliphatic carbocycles. The van der Waals surface area contributed by atoms with Crippen LogP contribution in [0, 0.1) is 0 Å². The van der Waals surface area contributed by atoms with Gasteiger partial charge in [0, 0.05) is 0 Å². The summed E-state index contributed by atoms with van der Waals surface area (Å²) >= 11 is 0. The summed E-state index contributed by atoms with van der Waals surface area (Å²) < 4.78 is 0. The molecule has 0 saturated carbocycles. The van der Waals surface area contributed by atoms with Crippen LogP contribution in [0.1, 0.15) is 25.3 Å². The molecule has 1 aromatic rings. The summed E-state index contributed by atoms with van der Waals surface area (Å²) in [7, 11) is 0. The van der Waals surface area contributed by atoms with E-state index in [0.717, 1.165) is 0 Å². The molecule has 0 aromatic heterocycles. The van der Waals surface area contributed by atoms with E-state index in [0.29, 0.717) is 5.92 Å². The molecule has 2 heteroatoms. The van der Waals surface area contributed by atoms with Gasteiger partial charge in [-0.2, -0.15) is 0 Å². The Hall–Kier alpha value is -0.0100. The number of benzene rings is 1. The molecule has 1 aromatic carbocycles. The molecule has 0 radical (unpaired) electrons. The minimum atomic E-state index is 0. The van der Waals surface area contributed by atoms with Crippen molar-refractivity contribution in [3.8, 4) is 0 Å². The minimum Gasteiger partial charge on any atom is -0.147 e. The molecule has 0 saturated heterocycles. The smallest absolute Gasteiger partial charge is 0.0219 e. The third-order valence-corrected chi connectivity index (χ3v) is 1.47. The second kappa shape index (κ2) is 6.68. The molecule has 0 N–H and O–H groups in total. The van der Waals surface area contributed by atoms with E-state index in [4.69, 9.17) is 0 Å². The predicted molar refractivity (Wildman–Crippen MR) is 58.1 cm³/mol. The number of hydrogen-bond acceptors (Lipinski definition) is 0. The molecule has 0 atom stereocenters. The zero-order valence-electron chi connectivity index (χ0n) is 6.78. The van der Waals surface area contributed by atoms with Crippen molar-refractivity contribution in [1.29, 1.82) is 0 Å². The number of hydrogen-bond donors (Lipinski definition) is 0. The molecule has 0 heterocycles. The Morgan fingerprint density at radius 3 is 1.73 bits per heavy atom. The Bertz CT molecular complexity index is 172. The van der Waals surface area contributed by atoms with E-state index in [-0.39, 0.29) is 29.4 Å². The fraction of sp³-hybridized carbons (Fsp3) is 0.333. The number of halogens is 2. The highest BCUT2D eigenvalue weighted by Crippen LogP contribution is 2.11. The van der Waals surface area contributed by atoms with Crippen molar-refractivity contribution in [1.82, 2.24) is 0 Å². The summed E-state index contributed by atoms with van der Waals surface area (Å²) in [5.41, 5.74) is 1.41. The van der Waals surface area contributed by atoms with Crippen LogP contribution in [0.5, 0.6) is 0 Å². The summed E-state index contributed by atoms with van der Waals surface area (Å²) in [5.74, 6) is 0.659. The third-order valence-electron chi connectivity index (χ3n) is 1.47. The monoisotopic (exact) mass is 236 g/mol. The van der Waals surface area contributed by atoms with Gasteiger partial charge in [0.05, 0.1) is 0 Å². The van der Waals surface area contributed by atoms with Gasteiger partial charge in [-0.15, -0.1) is 29.4 Å². The van der Waals surface area contributed by atoms with Gasteiger partial charge in [-0.05, 0) is 11.5 Å². The molecule has 0 aliphatic rings. The molecule has 64 valence electrons. The lowest BCUT2D eigenvalue weighted by Gasteiger charge is -2.01. The van der Waals surface area contributed by atoms with Crippen LogP contribution in [-0.2, 0) is 0 Å². The lowest BCUT2D eigenvalue weighted by molar-refractivity contribution is 0.867. The number of rotatable bonds is 1. The van der Waals surface area contributed by atoms with Gasteiger partial charge in [-0.25, -0.2) is 0 Å². The highest BCUT2D eigenvalue weighted by molar-refractivity contribution is 8.93. The zero-order chi connectivity index (χ0) is 6.69. The molecule has 1 rings (SSSR count). The Labute approximate surface area is 85.2 Å². The molecular weight excluding hydrogens is 223 g/mol. The molecule has 0 fully saturated rings. The SMILES string of the molecule is Br.CC(C)c1ccccc1.Cl. The van der Waals surface area contributed by atoms with Crippen LogP contribution < -0.4 is 0 Å². The Balaban J connectivity index is 0. The van der Waals surface area contributed by atoms with E-state index < -0.39 is 0 Å². The molecule has 0 nitrogen and oxygen atoms in total. The van der Waals surface area contributed by atoms with Crippen LogP contribution in [-0.4, -0.2) is 0 Å². The van der Waals surface area contributed by atoms with Crippen LogP contribution in [0.2, 0.25) is 0 Å². The van der Waals surface area contributed by atoms with Gasteiger partial charge in [0.1, 0.15) is 0 Å². The van der Waals surface area contributed by atoms with E-state index >= 15 is 0 Å². The minimum absolute atomic E-state index is 0. The molecule has 0 spiro atoms. The average Bonchev–Trinajstić information content (AvgIpc) is 1.90. The topological polar surface area (TPSA) is 0 Å². The lowest BCUT2D eigenvalue weighted by Crippen LogP contribution is -1.83. The molecule has 0 bridgehead atoms. The van der Waals surface area contributed by atoms with E-state index in [1.165, 1.54) is 5.56 Å². The standard InChI is InChI=1S/C9H12.BrH.ClH/c1-8(2)9-6-4-3-5-7-9;;/h3-8H,1-2H3;2*1H. The normalized spacial score (nSPS) is 8.27. The van der Waals surface area contributed by atoms with Gasteiger partial charge in [0.2, 0.25) is 0 Å².